The number of carbonyl (C=O) groups is 3. The predicted octanol–water partition coefficient (Wildman–Crippen LogP) is 0.0345. The van der Waals surface area contributed by atoms with Crippen molar-refractivity contribution in [1.82, 2.24) is 15.5 Å². The lowest BCUT2D eigenvalue weighted by atomic mass is 10.1. The molecule has 0 unspecified atom stereocenters. The summed E-state index contributed by atoms with van der Waals surface area (Å²) < 4.78 is 51.7. The number of aliphatic hydroxyl groups excluding tert-OH is 1. The van der Waals surface area contributed by atoms with Crippen LogP contribution in [0, 0.1) is 5.82 Å². The van der Waals surface area contributed by atoms with Crippen molar-refractivity contribution in [3.8, 4) is 0 Å². The molecule has 1 aromatic carbocycles. The van der Waals surface area contributed by atoms with E-state index < -0.39 is 65.6 Å². The highest BCUT2D eigenvalue weighted by Gasteiger charge is 2.46. The van der Waals surface area contributed by atoms with Crippen LogP contribution in [-0.4, -0.2) is 59.0 Å². The van der Waals surface area contributed by atoms with Crippen molar-refractivity contribution in [1.29, 1.82) is 0 Å². The van der Waals surface area contributed by atoms with Gasteiger partial charge in [0.15, 0.2) is 0 Å². The van der Waals surface area contributed by atoms with Crippen LogP contribution >= 0.6 is 0 Å². The second kappa shape index (κ2) is 6.80. The second-order valence-electron chi connectivity index (χ2n) is 6.35. The quantitative estimate of drug-likeness (QED) is 0.636. The lowest BCUT2D eigenvalue weighted by Crippen LogP contribution is -2.62. The SMILES string of the molecule is O=C(N[C@H]1C[C@H]2C(=O)N[C@@H](CO)C(=O)N2C1)c1ccc(F)c(C(F)(F)F)c1. The van der Waals surface area contributed by atoms with Gasteiger partial charge in [-0.2, -0.15) is 13.2 Å². The number of nitrogens with one attached hydrogen (secondary N) is 2. The summed E-state index contributed by atoms with van der Waals surface area (Å²) in [6, 6.07) is -0.680. The summed E-state index contributed by atoms with van der Waals surface area (Å²) in [4.78, 5) is 37.6. The van der Waals surface area contributed by atoms with Crippen molar-refractivity contribution in [3.05, 3.63) is 35.1 Å². The van der Waals surface area contributed by atoms with E-state index in [4.69, 9.17) is 5.11 Å². The van der Waals surface area contributed by atoms with Crippen LogP contribution in [0.3, 0.4) is 0 Å². The molecule has 0 spiro atoms. The molecule has 1 aromatic rings. The first-order valence-corrected chi connectivity index (χ1v) is 8.01. The van der Waals surface area contributed by atoms with Gasteiger partial charge in [-0.1, -0.05) is 0 Å². The number of hydrogen-bond acceptors (Lipinski definition) is 4. The summed E-state index contributed by atoms with van der Waals surface area (Å²) in [5, 5.41) is 13.9. The molecule has 0 bridgehead atoms. The highest BCUT2D eigenvalue weighted by atomic mass is 19.4. The van der Waals surface area contributed by atoms with Crippen LogP contribution in [0.4, 0.5) is 17.6 Å². The minimum absolute atomic E-state index is 0.0213. The maximum Gasteiger partial charge on any atom is 0.419 e. The molecule has 3 atom stereocenters. The standard InChI is InChI=1S/C16H15F4N3O4/c17-10-2-1-7(3-9(10)16(18,19)20)13(25)21-8-4-12-14(26)22-11(6-24)15(27)23(12)5-8/h1-3,8,11-12,24H,4-6H2,(H,21,25)(H,22,26)/t8-,11-,12-/m0/s1. The Morgan fingerprint density at radius 2 is 2.04 bits per heavy atom. The summed E-state index contributed by atoms with van der Waals surface area (Å²) >= 11 is 0. The Morgan fingerprint density at radius 3 is 2.67 bits per heavy atom. The van der Waals surface area contributed by atoms with Gasteiger partial charge in [-0.25, -0.2) is 4.39 Å². The number of nitrogens with zero attached hydrogens (tertiary/aromatic N) is 1. The van der Waals surface area contributed by atoms with Crippen molar-refractivity contribution in [3.63, 3.8) is 0 Å². The van der Waals surface area contributed by atoms with E-state index in [1.165, 1.54) is 4.90 Å². The van der Waals surface area contributed by atoms with Crippen LogP contribution in [-0.2, 0) is 15.8 Å². The summed E-state index contributed by atoms with van der Waals surface area (Å²) in [5.74, 6) is -3.35. The largest absolute Gasteiger partial charge is 0.419 e. The number of piperazine rings is 1. The number of alkyl halides is 3. The maximum atomic E-state index is 13.3. The van der Waals surface area contributed by atoms with E-state index in [0.29, 0.717) is 12.1 Å². The predicted molar refractivity (Wildman–Crippen MR) is 81.8 cm³/mol. The number of fused-ring (bicyclic) bond motifs is 1. The molecule has 2 heterocycles. The molecule has 3 rings (SSSR count). The van der Waals surface area contributed by atoms with Gasteiger partial charge in [0.25, 0.3) is 5.91 Å². The van der Waals surface area contributed by atoms with E-state index in [9.17, 15) is 31.9 Å². The number of carbonyl (C=O) groups excluding carboxylic acids is 3. The summed E-state index contributed by atoms with van der Waals surface area (Å²) in [6.07, 6.45) is -4.87. The van der Waals surface area contributed by atoms with Crippen LogP contribution in [0.25, 0.3) is 0 Å². The summed E-state index contributed by atoms with van der Waals surface area (Å²) in [5.41, 5.74) is -1.95. The van der Waals surface area contributed by atoms with Gasteiger partial charge < -0.3 is 20.6 Å². The number of benzene rings is 1. The van der Waals surface area contributed by atoms with E-state index >= 15 is 0 Å². The average Bonchev–Trinajstić information content (AvgIpc) is 3.02. The highest BCUT2D eigenvalue weighted by Crippen LogP contribution is 2.32. The second-order valence-corrected chi connectivity index (χ2v) is 6.35. The van der Waals surface area contributed by atoms with Gasteiger partial charge in [-0.15, -0.1) is 0 Å². The molecule has 0 saturated carbocycles. The first-order valence-electron chi connectivity index (χ1n) is 8.01. The average molecular weight is 389 g/mol. The summed E-state index contributed by atoms with van der Waals surface area (Å²) in [6.45, 7) is -0.590. The Morgan fingerprint density at radius 1 is 1.33 bits per heavy atom. The molecule has 0 aliphatic carbocycles. The molecule has 3 N–H and O–H groups in total. The third-order valence-corrected chi connectivity index (χ3v) is 4.55. The van der Waals surface area contributed by atoms with Gasteiger partial charge in [0.2, 0.25) is 11.8 Å². The van der Waals surface area contributed by atoms with Gasteiger partial charge in [0.1, 0.15) is 17.9 Å². The molecular formula is C16H15F4N3O4. The van der Waals surface area contributed by atoms with E-state index in [-0.39, 0.29) is 13.0 Å². The van der Waals surface area contributed by atoms with Crippen LogP contribution in [0.15, 0.2) is 18.2 Å². The Hall–Kier alpha value is -2.69. The van der Waals surface area contributed by atoms with E-state index in [2.05, 4.69) is 10.6 Å². The molecule has 27 heavy (non-hydrogen) atoms. The zero-order chi connectivity index (χ0) is 19.9. The molecule has 11 heteroatoms. The lowest BCUT2D eigenvalue weighted by molar-refractivity contribution is -0.148. The molecule has 0 aromatic heterocycles. The molecule has 2 aliphatic rings. The fourth-order valence-corrected chi connectivity index (χ4v) is 3.24. The number of rotatable bonds is 3. The minimum Gasteiger partial charge on any atom is -0.394 e. The molecule has 0 radical (unpaired) electrons. The fraction of sp³-hybridized carbons (Fsp3) is 0.438. The smallest absolute Gasteiger partial charge is 0.394 e. The number of halogens is 4. The Labute approximate surface area is 150 Å². The van der Waals surface area contributed by atoms with Crippen molar-refractivity contribution < 1.29 is 37.1 Å². The lowest BCUT2D eigenvalue weighted by Gasteiger charge is -2.33. The Kier molecular flexibility index (Phi) is 4.81. The van der Waals surface area contributed by atoms with Gasteiger partial charge in [-0.3, -0.25) is 14.4 Å². The minimum atomic E-state index is -4.95. The monoisotopic (exact) mass is 389 g/mol. The van der Waals surface area contributed by atoms with Gasteiger partial charge in [0.05, 0.1) is 12.2 Å². The molecular weight excluding hydrogens is 374 g/mol. The van der Waals surface area contributed by atoms with E-state index in [1.807, 2.05) is 0 Å². The molecule has 2 saturated heterocycles. The molecule has 3 amide bonds. The maximum absolute atomic E-state index is 13.3. The number of hydrogen-bond donors (Lipinski definition) is 3. The highest BCUT2D eigenvalue weighted by molar-refractivity contribution is 5.98. The van der Waals surface area contributed by atoms with Crippen molar-refractivity contribution in [2.45, 2.75) is 30.7 Å². The third-order valence-electron chi connectivity index (χ3n) is 4.55. The normalized spacial score (nSPS) is 25.2. The van der Waals surface area contributed by atoms with Gasteiger partial charge in [-0.05, 0) is 24.6 Å². The number of amides is 3. The number of aliphatic hydroxyl groups is 1. The third kappa shape index (κ3) is 3.59. The first kappa shape index (κ1) is 19.1. The molecule has 2 aliphatic heterocycles. The van der Waals surface area contributed by atoms with Gasteiger partial charge in [0, 0.05) is 18.2 Å². The van der Waals surface area contributed by atoms with Crippen LogP contribution < -0.4 is 10.6 Å². The Bertz CT molecular complexity index is 798. The molecule has 7 nitrogen and oxygen atoms in total. The van der Waals surface area contributed by atoms with Gasteiger partial charge >= 0.3 is 6.18 Å². The first-order chi connectivity index (χ1) is 12.6. The molecule has 146 valence electrons. The van der Waals surface area contributed by atoms with Crippen molar-refractivity contribution >= 4 is 17.7 Å². The zero-order valence-electron chi connectivity index (χ0n) is 13.7. The summed E-state index contributed by atoms with van der Waals surface area (Å²) in [7, 11) is 0. The zero-order valence-corrected chi connectivity index (χ0v) is 13.7. The van der Waals surface area contributed by atoms with E-state index in [1.54, 1.807) is 0 Å². The molecule has 2 fully saturated rings. The van der Waals surface area contributed by atoms with Crippen molar-refractivity contribution in [2.24, 2.45) is 0 Å². The topological polar surface area (TPSA) is 98.7 Å². The van der Waals surface area contributed by atoms with E-state index in [0.717, 1.165) is 6.07 Å². The Balaban J connectivity index is 1.73. The van der Waals surface area contributed by atoms with Crippen LogP contribution in [0.2, 0.25) is 0 Å². The van der Waals surface area contributed by atoms with Crippen molar-refractivity contribution in [2.75, 3.05) is 13.2 Å². The van der Waals surface area contributed by atoms with Crippen LogP contribution in [0.1, 0.15) is 22.3 Å². The van der Waals surface area contributed by atoms with Crippen LogP contribution in [0.5, 0.6) is 0 Å². The fourth-order valence-electron chi connectivity index (χ4n) is 3.24.